The van der Waals surface area contributed by atoms with Gasteiger partial charge in [0.15, 0.2) is 11.0 Å². The van der Waals surface area contributed by atoms with Crippen LogP contribution in [0.5, 0.6) is 5.75 Å². The van der Waals surface area contributed by atoms with Crippen molar-refractivity contribution in [3.8, 4) is 22.8 Å². The first-order valence-corrected chi connectivity index (χ1v) is 11.8. The second-order valence-corrected chi connectivity index (χ2v) is 9.08. The van der Waals surface area contributed by atoms with E-state index in [-0.39, 0.29) is 5.56 Å². The predicted octanol–water partition coefficient (Wildman–Crippen LogP) is 5.19. The van der Waals surface area contributed by atoms with Gasteiger partial charge in [-0.25, -0.2) is 4.98 Å². The monoisotopic (exact) mass is 481 g/mol. The number of thiophene rings is 1. The number of benzene rings is 2. The van der Waals surface area contributed by atoms with Gasteiger partial charge in [-0.3, -0.25) is 9.36 Å². The van der Waals surface area contributed by atoms with E-state index in [1.165, 1.54) is 23.1 Å². The Bertz CT molecular complexity index is 1440. The maximum atomic E-state index is 12.3. The molecule has 0 saturated heterocycles. The molecule has 5 aromatic rings. The smallest absolute Gasteiger partial charge is 0.268 e. The molecule has 0 radical (unpaired) electrons. The zero-order chi connectivity index (χ0) is 22.1. The average Bonchev–Trinajstić information content (AvgIpc) is 3.46. The van der Waals surface area contributed by atoms with E-state index in [9.17, 15) is 4.79 Å². The van der Waals surface area contributed by atoms with Gasteiger partial charge in [-0.15, -0.1) is 21.5 Å². The lowest BCUT2D eigenvalue weighted by Gasteiger charge is -2.11. The number of fused-ring (bicyclic) bond motifs is 1. The van der Waals surface area contributed by atoms with Crippen molar-refractivity contribution in [2.24, 2.45) is 0 Å². The summed E-state index contributed by atoms with van der Waals surface area (Å²) in [5, 5.41) is 12.0. The van der Waals surface area contributed by atoms with Crippen molar-refractivity contribution in [3.05, 3.63) is 81.2 Å². The number of aromatic nitrogens is 5. The van der Waals surface area contributed by atoms with Crippen LogP contribution in [-0.4, -0.2) is 31.8 Å². The van der Waals surface area contributed by atoms with Gasteiger partial charge in [0.2, 0.25) is 0 Å². The maximum Gasteiger partial charge on any atom is 0.268 e. The van der Waals surface area contributed by atoms with Crippen molar-refractivity contribution >= 4 is 44.9 Å². The summed E-state index contributed by atoms with van der Waals surface area (Å²) in [7, 11) is 1.63. The van der Waals surface area contributed by atoms with Crippen LogP contribution in [0.3, 0.4) is 0 Å². The highest BCUT2D eigenvalue weighted by molar-refractivity contribution is 7.98. The fraction of sp³-hybridized carbons (Fsp3) is 0.0909. The van der Waals surface area contributed by atoms with Crippen molar-refractivity contribution in [2.75, 3.05) is 7.11 Å². The summed E-state index contributed by atoms with van der Waals surface area (Å²) in [4.78, 5) is 19.7. The number of halogens is 1. The Kier molecular flexibility index (Phi) is 5.69. The molecular formula is C22H16ClN5O2S2. The molecule has 0 unspecified atom stereocenters. The molecule has 0 atom stereocenters. The second kappa shape index (κ2) is 8.78. The number of methoxy groups -OCH3 is 1. The SMILES string of the molecule is COc1ccc(-n2c(SCc3nc4ccsc4c(=O)[nH]3)nnc2-c2ccc(Cl)cc2)cc1. The standard InChI is InChI=1S/C22H16ClN5O2S2/c1-30-16-8-6-15(7-9-16)28-20(13-2-4-14(23)5-3-13)26-27-22(28)32-12-18-24-17-10-11-31-19(17)21(29)25-18/h2-11H,12H2,1H3,(H,24,25,29). The molecule has 7 nitrogen and oxygen atoms in total. The first-order valence-electron chi connectivity index (χ1n) is 9.57. The Balaban J connectivity index is 1.53. The minimum Gasteiger partial charge on any atom is -0.497 e. The Labute approximate surface area is 196 Å². The molecule has 1 N–H and O–H groups in total. The number of hydrogen-bond acceptors (Lipinski definition) is 7. The van der Waals surface area contributed by atoms with Gasteiger partial charge >= 0.3 is 0 Å². The Morgan fingerprint density at radius 3 is 2.62 bits per heavy atom. The van der Waals surface area contributed by atoms with Crippen LogP contribution < -0.4 is 10.3 Å². The van der Waals surface area contributed by atoms with E-state index in [2.05, 4.69) is 20.2 Å². The number of hydrogen-bond donors (Lipinski definition) is 1. The van der Waals surface area contributed by atoms with E-state index < -0.39 is 0 Å². The van der Waals surface area contributed by atoms with Gasteiger partial charge in [-0.2, -0.15) is 0 Å². The van der Waals surface area contributed by atoms with Crippen LogP contribution in [0.1, 0.15) is 5.82 Å². The van der Waals surface area contributed by atoms with Crippen LogP contribution in [0.2, 0.25) is 5.02 Å². The zero-order valence-electron chi connectivity index (χ0n) is 16.8. The minimum absolute atomic E-state index is 0.126. The Morgan fingerprint density at radius 1 is 1.09 bits per heavy atom. The number of H-pyrrole nitrogens is 1. The van der Waals surface area contributed by atoms with Crippen molar-refractivity contribution < 1.29 is 4.74 Å². The molecule has 3 aromatic heterocycles. The summed E-state index contributed by atoms with van der Waals surface area (Å²) in [6.45, 7) is 0. The van der Waals surface area contributed by atoms with Gasteiger partial charge < -0.3 is 9.72 Å². The van der Waals surface area contributed by atoms with Crippen molar-refractivity contribution in [3.63, 3.8) is 0 Å². The van der Waals surface area contributed by atoms with Crippen LogP contribution in [0.25, 0.3) is 27.3 Å². The number of rotatable bonds is 6. The molecule has 10 heteroatoms. The molecule has 2 aromatic carbocycles. The number of ether oxygens (including phenoxy) is 1. The van der Waals surface area contributed by atoms with Gasteiger partial charge in [0.1, 0.15) is 16.3 Å². The molecule has 160 valence electrons. The summed E-state index contributed by atoms with van der Waals surface area (Å²) >= 11 is 8.89. The molecule has 0 amide bonds. The summed E-state index contributed by atoms with van der Waals surface area (Å²) < 4.78 is 7.88. The third-order valence-corrected chi connectivity index (χ3v) is 6.86. The third-order valence-electron chi connectivity index (χ3n) is 4.77. The van der Waals surface area contributed by atoms with E-state index in [1.807, 2.05) is 64.5 Å². The molecule has 0 bridgehead atoms. The first kappa shape index (κ1) is 20.7. The molecule has 0 aliphatic rings. The molecule has 0 spiro atoms. The number of nitrogens with one attached hydrogen (secondary N) is 1. The molecule has 0 saturated carbocycles. The Hall–Kier alpha value is -3.14. The van der Waals surface area contributed by atoms with E-state index in [0.29, 0.717) is 37.8 Å². The van der Waals surface area contributed by atoms with E-state index in [4.69, 9.17) is 16.3 Å². The number of aromatic amines is 1. The van der Waals surface area contributed by atoms with Crippen LogP contribution in [0, 0.1) is 0 Å². The highest BCUT2D eigenvalue weighted by Gasteiger charge is 2.17. The van der Waals surface area contributed by atoms with Gasteiger partial charge in [-0.05, 0) is 60.0 Å². The van der Waals surface area contributed by atoms with Gasteiger partial charge in [0.05, 0.1) is 18.4 Å². The van der Waals surface area contributed by atoms with E-state index >= 15 is 0 Å². The van der Waals surface area contributed by atoms with Crippen LogP contribution in [-0.2, 0) is 5.75 Å². The first-order chi connectivity index (χ1) is 15.6. The predicted molar refractivity (Wildman–Crippen MR) is 128 cm³/mol. The lowest BCUT2D eigenvalue weighted by molar-refractivity contribution is 0.414. The van der Waals surface area contributed by atoms with Gasteiger partial charge in [0.25, 0.3) is 5.56 Å². The van der Waals surface area contributed by atoms with Crippen molar-refractivity contribution in [1.82, 2.24) is 24.7 Å². The second-order valence-electron chi connectivity index (χ2n) is 6.78. The van der Waals surface area contributed by atoms with E-state index in [0.717, 1.165) is 17.0 Å². The average molecular weight is 482 g/mol. The molecule has 0 fully saturated rings. The fourth-order valence-corrected chi connectivity index (χ4v) is 4.91. The van der Waals surface area contributed by atoms with E-state index in [1.54, 1.807) is 7.11 Å². The topological polar surface area (TPSA) is 85.7 Å². The molecule has 3 heterocycles. The number of thioether (sulfide) groups is 1. The zero-order valence-corrected chi connectivity index (χ0v) is 19.2. The van der Waals surface area contributed by atoms with Gasteiger partial charge in [0, 0.05) is 16.3 Å². The Morgan fingerprint density at radius 2 is 1.88 bits per heavy atom. The highest BCUT2D eigenvalue weighted by atomic mass is 35.5. The minimum atomic E-state index is -0.126. The van der Waals surface area contributed by atoms with Crippen molar-refractivity contribution in [1.29, 1.82) is 0 Å². The molecule has 32 heavy (non-hydrogen) atoms. The lowest BCUT2D eigenvalue weighted by Crippen LogP contribution is -2.09. The molecule has 0 aliphatic carbocycles. The summed E-state index contributed by atoms with van der Waals surface area (Å²) in [6.07, 6.45) is 0. The number of nitrogens with zero attached hydrogens (tertiary/aromatic N) is 4. The van der Waals surface area contributed by atoms with Crippen LogP contribution >= 0.6 is 34.7 Å². The van der Waals surface area contributed by atoms with Gasteiger partial charge in [-0.1, -0.05) is 23.4 Å². The third kappa shape index (κ3) is 4.02. The highest BCUT2D eigenvalue weighted by Crippen LogP contribution is 2.30. The van der Waals surface area contributed by atoms with Crippen LogP contribution in [0.15, 0.2) is 69.9 Å². The molecular weight excluding hydrogens is 466 g/mol. The summed E-state index contributed by atoms with van der Waals surface area (Å²) in [5.41, 5.74) is 2.35. The molecule has 5 rings (SSSR count). The summed E-state index contributed by atoms with van der Waals surface area (Å²) in [5.74, 6) is 2.47. The lowest BCUT2D eigenvalue weighted by atomic mass is 10.2. The van der Waals surface area contributed by atoms with Crippen LogP contribution in [0.4, 0.5) is 0 Å². The molecule has 0 aliphatic heterocycles. The quantitative estimate of drug-likeness (QED) is 0.336. The normalized spacial score (nSPS) is 11.2. The maximum absolute atomic E-state index is 12.3. The largest absolute Gasteiger partial charge is 0.497 e. The van der Waals surface area contributed by atoms with Crippen molar-refractivity contribution in [2.45, 2.75) is 10.9 Å². The summed E-state index contributed by atoms with van der Waals surface area (Å²) in [6, 6.07) is 17.0. The fourth-order valence-electron chi connectivity index (χ4n) is 3.24.